The van der Waals surface area contributed by atoms with E-state index >= 15 is 0 Å². The number of esters is 1. The van der Waals surface area contributed by atoms with E-state index in [4.69, 9.17) is 9.84 Å². The monoisotopic (exact) mass is 256 g/mol. The standard InChI is InChI=1S/C11H20N4O3/c1-11(2,10(17)18-3)12-7-9-8-15(14-13-9)5-4-6-16/h8,12,16H,4-7H2,1-3H3. The molecular formula is C11H20N4O3. The summed E-state index contributed by atoms with van der Waals surface area (Å²) in [6.07, 6.45) is 2.43. The molecule has 1 heterocycles. The summed E-state index contributed by atoms with van der Waals surface area (Å²) < 4.78 is 6.36. The number of hydrogen-bond donors (Lipinski definition) is 2. The first-order valence-electron chi connectivity index (χ1n) is 5.83. The van der Waals surface area contributed by atoms with Gasteiger partial charge in [-0.25, -0.2) is 0 Å². The number of nitrogens with zero attached hydrogens (tertiary/aromatic N) is 3. The highest BCUT2D eigenvalue weighted by molar-refractivity contribution is 5.79. The van der Waals surface area contributed by atoms with Gasteiger partial charge in [0.15, 0.2) is 0 Å². The van der Waals surface area contributed by atoms with Crippen LogP contribution in [0, 0.1) is 0 Å². The number of carbonyl (C=O) groups is 1. The Kier molecular flexibility index (Phi) is 5.24. The fraction of sp³-hybridized carbons (Fsp3) is 0.727. The van der Waals surface area contributed by atoms with Crippen molar-refractivity contribution in [2.45, 2.75) is 38.9 Å². The fourth-order valence-corrected chi connectivity index (χ4v) is 1.40. The van der Waals surface area contributed by atoms with Gasteiger partial charge in [-0.1, -0.05) is 5.21 Å². The largest absolute Gasteiger partial charge is 0.468 e. The number of aromatic nitrogens is 3. The van der Waals surface area contributed by atoms with Crippen LogP contribution in [0.2, 0.25) is 0 Å². The zero-order valence-corrected chi connectivity index (χ0v) is 11.0. The first-order valence-corrected chi connectivity index (χ1v) is 5.83. The molecule has 1 aromatic heterocycles. The number of aliphatic hydroxyl groups is 1. The Morgan fingerprint density at radius 3 is 2.94 bits per heavy atom. The smallest absolute Gasteiger partial charge is 0.325 e. The molecule has 0 atom stereocenters. The molecule has 7 heteroatoms. The van der Waals surface area contributed by atoms with Gasteiger partial charge in [-0.15, -0.1) is 5.10 Å². The molecule has 18 heavy (non-hydrogen) atoms. The van der Waals surface area contributed by atoms with Crippen molar-refractivity contribution < 1.29 is 14.6 Å². The summed E-state index contributed by atoms with van der Waals surface area (Å²) in [5.74, 6) is -0.324. The average Bonchev–Trinajstić information content (AvgIpc) is 2.81. The van der Waals surface area contributed by atoms with Crippen LogP contribution in [0.5, 0.6) is 0 Å². The van der Waals surface area contributed by atoms with E-state index in [0.717, 1.165) is 5.69 Å². The SMILES string of the molecule is COC(=O)C(C)(C)NCc1cn(CCCO)nn1. The van der Waals surface area contributed by atoms with Gasteiger partial charge in [-0.2, -0.15) is 0 Å². The molecule has 0 spiro atoms. The van der Waals surface area contributed by atoms with Crippen LogP contribution < -0.4 is 5.32 Å². The summed E-state index contributed by atoms with van der Waals surface area (Å²) >= 11 is 0. The summed E-state index contributed by atoms with van der Waals surface area (Å²) in [6.45, 7) is 4.68. The lowest BCUT2D eigenvalue weighted by atomic mass is 10.1. The molecule has 0 bridgehead atoms. The first kappa shape index (κ1) is 14.6. The van der Waals surface area contributed by atoms with Crippen molar-refractivity contribution in [2.24, 2.45) is 0 Å². The molecule has 0 fully saturated rings. The van der Waals surface area contributed by atoms with E-state index in [1.807, 2.05) is 0 Å². The Morgan fingerprint density at radius 1 is 1.61 bits per heavy atom. The molecule has 0 aliphatic rings. The number of carbonyl (C=O) groups excluding carboxylic acids is 1. The molecule has 2 N–H and O–H groups in total. The molecule has 1 aromatic rings. The van der Waals surface area contributed by atoms with Crippen molar-refractivity contribution in [3.8, 4) is 0 Å². The minimum Gasteiger partial charge on any atom is -0.468 e. The van der Waals surface area contributed by atoms with Crippen molar-refractivity contribution >= 4 is 5.97 Å². The molecule has 0 saturated carbocycles. The minimum atomic E-state index is -0.760. The first-order chi connectivity index (χ1) is 8.49. The zero-order valence-electron chi connectivity index (χ0n) is 11.0. The predicted molar refractivity (Wildman–Crippen MR) is 64.7 cm³/mol. The van der Waals surface area contributed by atoms with Crippen molar-refractivity contribution in [1.82, 2.24) is 20.3 Å². The molecule has 0 aromatic carbocycles. The molecule has 0 aliphatic heterocycles. The maximum Gasteiger partial charge on any atom is 0.325 e. The third-order valence-electron chi connectivity index (χ3n) is 2.54. The second kappa shape index (κ2) is 6.46. The summed E-state index contributed by atoms with van der Waals surface area (Å²) in [6, 6.07) is 0. The van der Waals surface area contributed by atoms with Crippen LogP contribution in [-0.4, -0.2) is 45.3 Å². The van der Waals surface area contributed by atoms with E-state index in [-0.39, 0.29) is 12.6 Å². The van der Waals surface area contributed by atoms with Gasteiger partial charge in [0, 0.05) is 25.9 Å². The van der Waals surface area contributed by atoms with Crippen LogP contribution in [0.25, 0.3) is 0 Å². The highest BCUT2D eigenvalue weighted by Gasteiger charge is 2.27. The van der Waals surface area contributed by atoms with Crippen LogP contribution >= 0.6 is 0 Å². The molecule has 102 valence electrons. The highest BCUT2D eigenvalue weighted by atomic mass is 16.5. The van der Waals surface area contributed by atoms with E-state index in [1.165, 1.54) is 7.11 Å². The fourth-order valence-electron chi connectivity index (χ4n) is 1.40. The molecular weight excluding hydrogens is 236 g/mol. The Hall–Kier alpha value is -1.47. The van der Waals surface area contributed by atoms with E-state index < -0.39 is 5.54 Å². The normalized spacial score (nSPS) is 11.6. The van der Waals surface area contributed by atoms with Crippen molar-refractivity contribution in [3.05, 3.63) is 11.9 Å². The van der Waals surface area contributed by atoms with E-state index in [2.05, 4.69) is 15.6 Å². The summed E-state index contributed by atoms with van der Waals surface area (Å²) in [7, 11) is 1.36. The van der Waals surface area contributed by atoms with Crippen molar-refractivity contribution in [2.75, 3.05) is 13.7 Å². The second-order valence-corrected chi connectivity index (χ2v) is 4.52. The minimum absolute atomic E-state index is 0.128. The lowest BCUT2D eigenvalue weighted by molar-refractivity contribution is -0.147. The number of methoxy groups -OCH3 is 1. The highest BCUT2D eigenvalue weighted by Crippen LogP contribution is 2.06. The lowest BCUT2D eigenvalue weighted by Crippen LogP contribution is -2.47. The van der Waals surface area contributed by atoms with Gasteiger partial charge < -0.3 is 9.84 Å². The Bertz CT molecular complexity index is 389. The van der Waals surface area contributed by atoms with Crippen LogP contribution in [0.4, 0.5) is 0 Å². The molecule has 0 radical (unpaired) electrons. The molecule has 1 rings (SSSR count). The third-order valence-corrected chi connectivity index (χ3v) is 2.54. The third kappa shape index (κ3) is 4.08. The Morgan fingerprint density at radius 2 is 2.33 bits per heavy atom. The second-order valence-electron chi connectivity index (χ2n) is 4.52. The average molecular weight is 256 g/mol. The van der Waals surface area contributed by atoms with Crippen LogP contribution in [-0.2, 0) is 22.6 Å². The number of nitrogens with one attached hydrogen (secondary N) is 1. The van der Waals surface area contributed by atoms with Gasteiger partial charge in [-0.3, -0.25) is 14.8 Å². The van der Waals surface area contributed by atoms with Crippen molar-refractivity contribution in [1.29, 1.82) is 0 Å². The summed E-state index contributed by atoms with van der Waals surface area (Å²) in [5, 5.41) is 19.7. The maximum absolute atomic E-state index is 11.4. The van der Waals surface area contributed by atoms with Gasteiger partial charge in [0.1, 0.15) is 5.54 Å². The van der Waals surface area contributed by atoms with E-state index in [0.29, 0.717) is 19.5 Å². The number of ether oxygens (including phenoxy) is 1. The van der Waals surface area contributed by atoms with Gasteiger partial charge >= 0.3 is 5.97 Å². The van der Waals surface area contributed by atoms with E-state index in [1.54, 1.807) is 24.7 Å². The van der Waals surface area contributed by atoms with Crippen LogP contribution in [0.1, 0.15) is 26.0 Å². The van der Waals surface area contributed by atoms with E-state index in [9.17, 15) is 4.79 Å². The number of rotatable bonds is 7. The van der Waals surface area contributed by atoms with Gasteiger partial charge in [0.05, 0.1) is 12.8 Å². The summed E-state index contributed by atoms with van der Waals surface area (Å²) in [5.41, 5.74) is -0.0196. The number of aliphatic hydroxyl groups excluding tert-OH is 1. The quantitative estimate of drug-likeness (QED) is 0.651. The zero-order chi connectivity index (χ0) is 13.6. The molecule has 7 nitrogen and oxygen atoms in total. The number of aryl methyl sites for hydroxylation is 1. The lowest BCUT2D eigenvalue weighted by Gasteiger charge is -2.22. The maximum atomic E-state index is 11.4. The van der Waals surface area contributed by atoms with Crippen LogP contribution in [0.15, 0.2) is 6.20 Å². The molecule has 0 aliphatic carbocycles. The number of hydrogen-bond acceptors (Lipinski definition) is 6. The Balaban J connectivity index is 2.48. The van der Waals surface area contributed by atoms with Gasteiger partial charge in [0.25, 0.3) is 0 Å². The summed E-state index contributed by atoms with van der Waals surface area (Å²) in [4.78, 5) is 11.4. The topological polar surface area (TPSA) is 89.3 Å². The van der Waals surface area contributed by atoms with Gasteiger partial charge in [0.2, 0.25) is 0 Å². The molecule has 0 amide bonds. The predicted octanol–water partition coefficient (Wildman–Crippen LogP) is -0.298. The molecule has 0 saturated heterocycles. The van der Waals surface area contributed by atoms with Crippen LogP contribution in [0.3, 0.4) is 0 Å². The van der Waals surface area contributed by atoms with Gasteiger partial charge in [-0.05, 0) is 20.3 Å². The van der Waals surface area contributed by atoms with Crippen molar-refractivity contribution in [3.63, 3.8) is 0 Å². The Labute approximate surface area is 106 Å². The molecule has 0 unspecified atom stereocenters.